The number of aliphatic carboxylic acids is 1. The monoisotopic (exact) mass is 251 g/mol. The highest BCUT2D eigenvalue weighted by Crippen LogP contribution is 2.01. The number of rotatable bonds is 6. The van der Waals surface area contributed by atoms with E-state index in [1.54, 1.807) is 30.3 Å². The lowest BCUT2D eigenvalue weighted by molar-refractivity contribution is -0.148. The third-order valence-corrected chi connectivity index (χ3v) is 2.14. The van der Waals surface area contributed by atoms with E-state index >= 15 is 0 Å². The molecule has 6 heteroatoms. The first kappa shape index (κ1) is 13.9. The minimum atomic E-state index is -1.26. The van der Waals surface area contributed by atoms with Gasteiger partial charge in [0.25, 0.3) is 0 Å². The molecule has 3 N–H and O–H groups in total. The predicted octanol–water partition coefficient (Wildman–Crippen LogP) is 0.215. The molecule has 0 bridgehead atoms. The number of hydrogen-bond donors (Lipinski definition) is 2. The lowest BCUT2D eigenvalue weighted by Gasteiger charge is -2.08. The Kier molecular flexibility index (Phi) is 5.01. The molecule has 0 unspecified atom stereocenters. The average molecular weight is 251 g/mol. The van der Waals surface area contributed by atoms with Gasteiger partial charge in [-0.1, -0.05) is 30.3 Å². The van der Waals surface area contributed by atoms with Crippen LogP contribution in [0.15, 0.2) is 30.3 Å². The molecule has 1 atom stereocenters. The van der Waals surface area contributed by atoms with Crippen LogP contribution in [0.5, 0.6) is 0 Å². The Morgan fingerprint density at radius 2 is 1.83 bits per heavy atom. The first-order chi connectivity index (χ1) is 8.50. The molecule has 0 saturated carbocycles. The molecule has 0 radical (unpaired) electrons. The van der Waals surface area contributed by atoms with Gasteiger partial charge >= 0.3 is 11.9 Å². The smallest absolute Gasteiger partial charge is 0.323 e. The maximum atomic E-state index is 11.6. The molecule has 0 aliphatic heterocycles. The Morgan fingerprint density at radius 1 is 1.22 bits per heavy atom. The summed E-state index contributed by atoms with van der Waals surface area (Å²) in [7, 11) is 0. The average Bonchev–Trinajstić information content (AvgIpc) is 2.35. The Morgan fingerprint density at radius 3 is 2.39 bits per heavy atom. The summed E-state index contributed by atoms with van der Waals surface area (Å²) >= 11 is 0. The van der Waals surface area contributed by atoms with E-state index in [1.807, 2.05) is 0 Å². The quantitative estimate of drug-likeness (QED) is 0.553. The van der Waals surface area contributed by atoms with Gasteiger partial charge in [0.2, 0.25) is 0 Å². The van der Waals surface area contributed by atoms with Crippen LogP contribution in [-0.4, -0.2) is 35.5 Å². The molecule has 0 aliphatic rings. The highest BCUT2D eigenvalue weighted by molar-refractivity contribution is 5.98. The normalized spacial score (nSPS) is 11.6. The summed E-state index contributed by atoms with van der Waals surface area (Å²) in [6, 6.07) is 7.05. The molecule has 0 amide bonds. The molecule has 1 aromatic rings. The lowest BCUT2D eigenvalue weighted by atomic mass is 10.1. The molecular formula is C12H13NO5. The Labute approximate surface area is 103 Å². The van der Waals surface area contributed by atoms with Crippen molar-refractivity contribution in [3.8, 4) is 0 Å². The topological polar surface area (TPSA) is 107 Å². The van der Waals surface area contributed by atoms with E-state index in [4.69, 9.17) is 10.8 Å². The summed E-state index contributed by atoms with van der Waals surface area (Å²) in [6.45, 7) is -0.448. The molecule has 6 nitrogen and oxygen atoms in total. The summed E-state index contributed by atoms with van der Waals surface area (Å²) in [5, 5.41) is 8.43. The standard InChI is InChI=1S/C12H13NO5/c13-9(6-11(15)16)12(17)18-7-10(14)8-4-2-1-3-5-8/h1-5,9H,6-7,13H2,(H,15,16)/t9-/m0/s1. The van der Waals surface area contributed by atoms with Crippen LogP contribution in [0.25, 0.3) is 0 Å². The minimum absolute atomic E-state index is 0.369. The fourth-order valence-corrected chi connectivity index (χ4v) is 1.22. The number of Topliss-reactive ketones (excluding diaryl/α,β-unsaturated/α-hetero) is 1. The Bertz CT molecular complexity index is 443. The molecule has 18 heavy (non-hydrogen) atoms. The van der Waals surface area contributed by atoms with Crippen molar-refractivity contribution in [3.05, 3.63) is 35.9 Å². The summed E-state index contributed by atoms with van der Waals surface area (Å²) in [5.74, 6) is -2.47. The molecule has 0 aromatic heterocycles. The predicted molar refractivity (Wildman–Crippen MR) is 62.0 cm³/mol. The van der Waals surface area contributed by atoms with E-state index in [2.05, 4.69) is 4.74 Å². The zero-order valence-corrected chi connectivity index (χ0v) is 9.54. The SMILES string of the molecule is N[C@@H](CC(=O)O)C(=O)OCC(=O)c1ccccc1. The lowest BCUT2D eigenvalue weighted by Crippen LogP contribution is -2.35. The van der Waals surface area contributed by atoms with Crippen molar-refractivity contribution >= 4 is 17.7 Å². The summed E-state index contributed by atoms with van der Waals surface area (Å²) in [4.78, 5) is 33.1. The molecular weight excluding hydrogens is 238 g/mol. The van der Waals surface area contributed by atoms with E-state index in [0.717, 1.165) is 0 Å². The summed E-state index contributed by atoms with van der Waals surface area (Å²) in [6.07, 6.45) is -0.529. The number of nitrogens with two attached hydrogens (primary N) is 1. The first-order valence-electron chi connectivity index (χ1n) is 5.23. The van der Waals surface area contributed by atoms with Crippen molar-refractivity contribution in [2.45, 2.75) is 12.5 Å². The van der Waals surface area contributed by atoms with Crippen molar-refractivity contribution in [1.29, 1.82) is 0 Å². The molecule has 0 aliphatic carbocycles. The zero-order valence-electron chi connectivity index (χ0n) is 9.54. The second-order valence-electron chi connectivity index (χ2n) is 3.60. The van der Waals surface area contributed by atoms with Crippen LogP contribution in [0.4, 0.5) is 0 Å². The van der Waals surface area contributed by atoms with Crippen LogP contribution in [0, 0.1) is 0 Å². The second kappa shape index (κ2) is 6.51. The Hall–Kier alpha value is -2.21. The van der Waals surface area contributed by atoms with E-state index in [-0.39, 0.29) is 5.78 Å². The van der Waals surface area contributed by atoms with Crippen LogP contribution in [0.1, 0.15) is 16.8 Å². The van der Waals surface area contributed by atoms with Crippen LogP contribution in [0.3, 0.4) is 0 Å². The van der Waals surface area contributed by atoms with Gasteiger partial charge < -0.3 is 15.6 Å². The van der Waals surface area contributed by atoms with Gasteiger partial charge in [-0.2, -0.15) is 0 Å². The molecule has 96 valence electrons. The number of carbonyl (C=O) groups is 3. The van der Waals surface area contributed by atoms with Crippen LogP contribution < -0.4 is 5.73 Å². The van der Waals surface area contributed by atoms with Gasteiger partial charge in [0.05, 0.1) is 6.42 Å². The van der Waals surface area contributed by atoms with Gasteiger partial charge in [0, 0.05) is 5.56 Å². The maximum Gasteiger partial charge on any atom is 0.323 e. The number of benzene rings is 1. The molecule has 0 heterocycles. The molecule has 0 spiro atoms. The third-order valence-electron chi connectivity index (χ3n) is 2.14. The second-order valence-corrected chi connectivity index (χ2v) is 3.60. The third kappa shape index (κ3) is 4.34. The fourth-order valence-electron chi connectivity index (χ4n) is 1.22. The van der Waals surface area contributed by atoms with Crippen molar-refractivity contribution < 1.29 is 24.2 Å². The fraction of sp³-hybridized carbons (Fsp3) is 0.250. The molecule has 0 saturated heterocycles. The molecule has 1 aromatic carbocycles. The number of carboxylic acids is 1. The van der Waals surface area contributed by atoms with E-state index in [9.17, 15) is 14.4 Å². The molecule has 0 fully saturated rings. The Balaban J connectivity index is 2.44. The van der Waals surface area contributed by atoms with Gasteiger partial charge in [-0.25, -0.2) is 0 Å². The number of esters is 1. The highest BCUT2D eigenvalue weighted by Gasteiger charge is 2.19. The zero-order chi connectivity index (χ0) is 13.5. The van der Waals surface area contributed by atoms with Gasteiger partial charge in [-0.3, -0.25) is 14.4 Å². The maximum absolute atomic E-state index is 11.6. The van der Waals surface area contributed by atoms with E-state index in [1.165, 1.54) is 0 Å². The van der Waals surface area contributed by atoms with Crippen molar-refractivity contribution in [2.75, 3.05) is 6.61 Å². The van der Waals surface area contributed by atoms with Crippen LogP contribution >= 0.6 is 0 Å². The molecule has 1 rings (SSSR count). The number of carbonyl (C=O) groups excluding carboxylic acids is 2. The largest absolute Gasteiger partial charge is 0.481 e. The van der Waals surface area contributed by atoms with Gasteiger partial charge in [-0.05, 0) is 0 Å². The number of ketones is 1. The first-order valence-corrected chi connectivity index (χ1v) is 5.23. The van der Waals surface area contributed by atoms with Crippen LogP contribution in [0.2, 0.25) is 0 Å². The number of hydrogen-bond acceptors (Lipinski definition) is 5. The number of carboxylic acid groups (broad SMARTS) is 1. The summed E-state index contributed by atoms with van der Waals surface area (Å²) in [5.41, 5.74) is 5.69. The van der Waals surface area contributed by atoms with Crippen molar-refractivity contribution in [2.24, 2.45) is 5.73 Å². The van der Waals surface area contributed by atoms with E-state index in [0.29, 0.717) is 5.56 Å². The van der Waals surface area contributed by atoms with Gasteiger partial charge in [0.15, 0.2) is 12.4 Å². The number of ether oxygens (including phenoxy) is 1. The highest BCUT2D eigenvalue weighted by atomic mass is 16.5. The van der Waals surface area contributed by atoms with E-state index < -0.39 is 31.0 Å². The van der Waals surface area contributed by atoms with Gasteiger partial charge in [0.1, 0.15) is 6.04 Å². The van der Waals surface area contributed by atoms with Crippen LogP contribution in [-0.2, 0) is 14.3 Å². The summed E-state index contributed by atoms with van der Waals surface area (Å²) < 4.78 is 4.64. The van der Waals surface area contributed by atoms with Gasteiger partial charge in [-0.15, -0.1) is 0 Å². The minimum Gasteiger partial charge on any atom is -0.481 e. The van der Waals surface area contributed by atoms with Crippen molar-refractivity contribution in [3.63, 3.8) is 0 Å². The van der Waals surface area contributed by atoms with Crippen molar-refractivity contribution in [1.82, 2.24) is 0 Å².